The summed E-state index contributed by atoms with van der Waals surface area (Å²) in [5.41, 5.74) is 0.355. The van der Waals surface area contributed by atoms with Gasteiger partial charge in [0, 0.05) is 27.7 Å². The molecular formula is C20H25NO10. The van der Waals surface area contributed by atoms with Gasteiger partial charge in [0.25, 0.3) is 0 Å². The van der Waals surface area contributed by atoms with Crippen molar-refractivity contribution >= 4 is 29.5 Å². The van der Waals surface area contributed by atoms with Gasteiger partial charge in [-0.05, 0) is 12.1 Å². The van der Waals surface area contributed by atoms with E-state index in [0.717, 1.165) is 18.9 Å². The molecule has 0 spiro atoms. The Balaban J connectivity index is 2.36. The molecule has 5 atom stereocenters. The van der Waals surface area contributed by atoms with Gasteiger partial charge in [0.2, 0.25) is 12.2 Å². The van der Waals surface area contributed by atoms with Gasteiger partial charge in [0.15, 0.2) is 12.2 Å². The van der Waals surface area contributed by atoms with Crippen molar-refractivity contribution < 1.29 is 48.1 Å². The standard InChI is InChI=1S/C20H25NO10/c1-11(22)21(15-8-6-5-7-9-15)31-20-19(29-14(4)25)17(26)18(28-13(3)24)16(30-20)10-27-12(2)23/h5-9,16-20,26H,10H2,1-4H3/t16-,17+,18-,19-,20+/m1/s1. The van der Waals surface area contributed by atoms with Crippen LogP contribution in [0.5, 0.6) is 0 Å². The van der Waals surface area contributed by atoms with Crippen LogP contribution in [0.2, 0.25) is 0 Å². The molecule has 0 bridgehead atoms. The molecular weight excluding hydrogens is 414 g/mol. The fourth-order valence-corrected chi connectivity index (χ4v) is 2.95. The van der Waals surface area contributed by atoms with E-state index < -0.39 is 54.5 Å². The summed E-state index contributed by atoms with van der Waals surface area (Å²) in [5, 5.41) is 11.7. The van der Waals surface area contributed by atoms with E-state index in [-0.39, 0.29) is 6.61 Å². The first-order chi connectivity index (χ1) is 14.6. The second kappa shape index (κ2) is 10.8. The highest BCUT2D eigenvalue weighted by atomic mass is 16.8. The number of anilines is 1. The van der Waals surface area contributed by atoms with Gasteiger partial charge in [-0.2, -0.15) is 5.06 Å². The lowest BCUT2D eigenvalue weighted by Gasteiger charge is -2.43. The van der Waals surface area contributed by atoms with Gasteiger partial charge in [-0.3, -0.25) is 19.2 Å². The van der Waals surface area contributed by atoms with Crippen LogP contribution >= 0.6 is 0 Å². The maximum atomic E-state index is 12.2. The fraction of sp³-hybridized carbons (Fsp3) is 0.500. The number of para-hydroxylation sites is 1. The zero-order valence-electron chi connectivity index (χ0n) is 17.5. The van der Waals surface area contributed by atoms with Gasteiger partial charge in [-0.25, -0.2) is 4.84 Å². The summed E-state index contributed by atoms with van der Waals surface area (Å²) in [6.07, 6.45) is -7.04. The lowest BCUT2D eigenvalue weighted by Crippen LogP contribution is -2.62. The number of carbonyl (C=O) groups is 4. The molecule has 1 amide bonds. The van der Waals surface area contributed by atoms with Crippen molar-refractivity contribution in [2.24, 2.45) is 0 Å². The molecule has 0 aliphatic carbocycles. The maximum absolute atomic E-state index is 12.2. The molecule has 1 aliphatic rings. The van der Waals surface area contributed by atoms with Crippen LogP contribution in [0.15, 0.2) is 30.3 Å². The minimum Gasteiger partial charge on any atom is -0.463 e. The highest BCUT2D eigenvalue weighted by Gasteiger charge is 2.51. The molecule has 1 saturated heterocycles. The van der Waals surface area contributed by atoms with Crippen molar-refractivity contribution in [3.63, 3.8) is 0 Å². The number of benzene rings is 1. The van der Waals surface area contributed by atoms with E-state index in [0.29, 0.717) is 5.69 Å². The highest BCUT2D eigenvalue weighted by molar-refractivity contribution is 5.89. The van der Waals surface area contributed by atoms with Crippen LogP contribution in [0.3, 0.4) is 0 Å². The number of rotatable bonds is 7. The molecule has 1 N–H and O–H groups in total. The van der Waals surface area contributed by atoms with E-state index in [4.69, 9.17) is 23.8 Å². The normalized spacial score (nSPS) is 25.3. The number of aliphatic hydroxyl groups excluding tert-OH is 1. The van der Waals surface area contributed by atoms with Crippen LogP contribution in [0, 0.1) is 0 Å². The minimum absolute atomic E-state index is 0.355. The average Bonchev–Trinajstić information content (AvgIpc) is 2.69. The maximum Gasteiger partial charge on any atom is 0.303 e. The first kappa shape index (κ1) is 24.3. The van der Waals surface area contributed by atoms with E-state index in [9.17, 15) is 24.3 Å². The summed E-state index contributed by atoms with van der Waals surface area (Å²) in [7, 11) is 0. The molecule has 31 heavy (non-hydrogen) atoms. The van der Waals surface area contributed by atoms with Crippen LogP contribution in [-0.4, -0.2) is 66.2 Å². The van der Waals surface area contributed by atoms with Gasteiger partial charge in [0.05, 0.1) is 5.69 Å². The first-order valence-corrected chi connectivity index (χ1v) is 9.44. The topological polar surface area (TPSA) is 138 Å². The third kappa shape index (κ3) is 6.74. The molecule has 0 aromatic heterocycles. The predicted octanol–water partition coefficient (Wildman–Crippen LogP) is 0.483. The number of aliphatic hydroxyl groups is 1. The molecule has 1 aliphatic heterocycles. The van der Waals surface area contributed by atoms with Crippen molar-refractivity contribution in [2.75, 3.05) is 11.7 Å². The monoisotopic (exact) mass is 439 g/mol. The molecule has 1 heterocycles. The Morgan fingerprint density at radius 3 is 2.03 bits per heavy atom. The molecule has 0 radical (unpaired) electrons. The Bertz CT molecular complexity index is 796. The van der Waals surface area contributed by atoms with Crippen LogP contribution in [0.4, 0.5) is 5.69 Å². The quantitative estimate of drug-likeness (QED) is 0.363. The predicted molar refractivity (Wildman–Crippen MR) is 103 cm³/mol. The average molecular weight is 439 g/mol. The summed E-state index contributed by atoms with van der Waals surface area (Å²) in [6.45, 7) is 4.25. The van der Waals surface area contributed by atoms with Crippen molar-refractivity contribution in [1.29, 1.82) is 0 Å². The number of carbonyl (C=O) groups excluding carboxylic acids is 4. The van der Waals surface area contributed by atoms with Gasteiger partial charge < -0.3 is 24.1 Å². The summed E-state index contributed by atoms with van der Waals surface area (Å²) in [4.78, 5) is 52.2. The third-order valence-electron chi connectivity index (χ3n) is 4.16. The molecule has 1 aromatic rings. The number of hydroxylamine groups is 1. The molecule has 170 valence electrons. The molecule has 1 fully saturated rings. The molecule has 0 saturated carbocycles. The number of hydrogen-bond donors (Lipinski definition) is 1. The number of ether oxygens (including phenoxy) is 4. The van der Waals surface area contributed by atoms with Crippen molar-refractivity contribution in [2.45, 2.75) is 58.4 Å². The summed E-state index contributed by atoms with van der Waals surface area (Å²) in [5.74, 6) is -2.66. The first-order valence-electron chi connectivity index (χ1n) is 9.44. The Morgan fingerprint density at radius 2 is 1.52 bits per heavy atom. The minimum atomic E-state index is -1.60. The largest absolute Gasteiger partial charge is 0.463 e. The third-order valence-corrected chi connectivity index (χ3v) is 4.16. The summed E-state index contributed by atoms with van der Waals surface area (Å²) < 4.78 is 20.9. The van der Waals surface area contributed by atoms with Crippen LogP contribution in [0.1, 0.15) is 27.7 Å². The molecule has 0 unspecified atom stereocenters. The van der Waals surface area contributed by atoms with Gasteiger partial charge in [-0.1, -0.05) is 18.2 Å². The zero-order valence-corrected chi connectivity index (χ0v) is 17.5. The number of nitrogens with zero attached hydrogens (tertiary/aromatic N) is 1. The van der Waals surface area contributed by atoms with Gasteiger partial charge >= 0.3 is 17.9 Å². The van der Waals surface area contributed by atoms with Crippen molar-refractivity contribution in [3.05, 3.63) is 30.3 Å². The Labute approximate surface area is 178 Å². The summed E-state index contributed by atoms with van der Waals surface area (Å²) >= 11 is 0. The van der Waals surface area contributed by atoms with Crippen LogP contribution < -0.4 is 5.06 Å². The van der Waals surface area contributed by atoms with E-state index in [1.54, 1.807) is 30.3 Å². The van der Waals surface area contributed by atoms with Crippen molar-refractivity contribution in [1.82, 2.24) is 0 Å². The molecule has 2 rings (SSSR count). The van der Waals surface area contributed by atoms with Crippen molar-refractivity contribution in [3.8, 4) is 0 Å². The SMILES string of the molecule is CC(=O)OC[C@H]1O[C@@H](ON(C(C)=O)c2ccccc2)[C@H](OC(C)=O)[C@@H](O)[C@@H]1OC(C)=O. The number of hydrogen-bond acceptors (Lipinski definition) is 10. The smallest absolute Gasteiger partial charge is 0.303 e. The lowest BCUT2D eigenvalue weighted by molar-refractivity contribution is -0.307. The van der Waals surface area contributed by atoms with Crippen LogP contribution in [0.25, 0.3) is 0 Å². The Kier molecular flexibility index (Phi) is 8.48. The second-order valence-electron chi connectivity index (χ2n) is 6.74. The summed E-state index contributed by atoms with van der Waals surface area (Å²) in [6, 6.07) is 8.28. The van der Waals surface area contributed by atoms with Gasteiger partial charge in [0.1, 0.15) is 18.8 Å². The van der Waals surface area contributed by atoms with E-state index >= 15 is 0 Å². The van der Waals surface area contributed by atoms with E-state index in [2.05, 4.69) is 0 Å². The second-order valence-corrected chi connectivity index (χ2v) is 6.74. The van der Waals surface area contributed by atoms with E-state index in [1.807, 2.05) is 0 Å². The number of amides is 1. The fourth-order valence-electron chi connectivity index (χ4n) is 2.95. The molecule has 1 aromatic carbocycles. The highest BCUT2D eigenvalue weighted by Crippen LogP contribution is 2.29. The molecule has 11 nitrogen and oxygen atoms in total. The van der Waals surface area contributed by atoms with Gasteiger partial charge in [-0.15, -0.1) is 0 Å². The lowest BCUT2D eigenvalue weighted by atomic mass is 9.98. The van der Waals surface area contributed by atoms with E-state index in [1.165, 1.54) is 13.8 Å². The number of esters is 3. The molecule has 11 heteroatoms. The zero-order chi connectivity index (χ0) is 23.1. The Hall–Kier alpha value is -3.02. The Morgan fingerprint density at radius 1 is 0.935 bits per heavy atom. The van der Waals surface area contributed by atoms with Crippen LogP contribution in [-0.2, 0) is 43.0 Å².